The molecule has 2 aromatic carbocycles. The molecule has 0 spiro atoms. The van der Waals surface area contributed by atoms with Gasteiger partial charge in [-0.05, 0) is 29.8 Å². The van der Waals surface area contributed by atoms with Crippen LogP contribution in [-0.2, 0) is 41.7 Å². The van der Waals surface area contributed by atoms with Gasteiger partial charge < -0.3 is 31.3 Å². The molecule has 210 valence electrons. The van der Waals surface area contributed by atoms with Gasteiger partial charge in [0, 0.05) is 12.1 Å². The van der Waals surface area contributed by atoms with Gasteiger partial charge in [-0.1, -0.05) is 63.2 Å². The van der Waals surface area contributed by atoms with Gasteiger partial charge in [0.05, 0.1) is 25.6 Å². The lowest BCUT2D eigenvalue weighted by molar-refractivity contribution is -0.148. The summed E-state index contributed by atoms with van der Waals surface area (Å²) in [4.78, 5) is 61.1. The van der Waals surface area contributed by atoms with Crippen molar-refractivity contribution in [2.24, 2.45) is 5.92 Å². The molecule has 0 bridgehead atoms. The molecular weight excluding hydrogens is 502 g/mol. The highest BCUT2D eigenvalue weighted by molar-refractivity contribution is 5.96. The number of likely N-dealkylation sites (N-methyl/N-ethyl adjacent to an activating group) is 1. The summed E-state index contributed by atoms with van der Waals surface area (Å²) in [5, 5.41) is 13.2. The molecule has 0 aliphatic heterocycles. The Kier molecular flexibility index (Phi) is 13.2. The summed E-state index contributed by atoms with van der Waals surface area (Å²) >= 11 is 0. The molecule has 0 fully saturated rings. The zero-order valence-electron chi connectivity index (χ0n) is 22.5. The topological polar surface area (TPSA) is 155 Å². The summed E-state index contributed by atoms with van der Waals surface area (Å²) in [7, 11) is 0. The maximum absolute atomic E-state index is 12.9. The normalized spacial score (nSPS) is 11.3. The first-order valence-electron chi connectivity index (χ1n) is 12.8. The Morgan fingerprint density at radius 3 is 2.08 bits per heavy atom. The van der Waals surface area contributed by atoms with Crippen molar-refractivity contribution in [1.82, 2.24) is 21.3 Å². The largest absolute Gasteiger partial charge is 0.461 e. The first-order valence-corrected chi connectivity index (χ1v) is 12.8. The van der Waals surface area contributed by atoms with Crippen LogP contribution in [0, 0.1) is 5.92 Å². The second-order valence-corrected chi connectivity index (χ2v) is 9.09. The monoisotopic (exact) mass is 539 g/mol. The van der Waals surface area contributed by atoms with E-state index in [1.165, 1.54) is 0 Å². The Balaban J connectivity index is 1.89. The minimum absolute atomic E-state index is 0.0845. The van der Waals surface area contributed by atoms with Crippen molar-refractivity contribution < 1.29 is 28.7 Å². The van der Waals surface area contributed by atoms with Gasteiger partial charge >= 0.3 is 5.97 Å². The van der Waals surface area contributed by atoms with Crippen LogP contribution in [-0.4, -0.2) is 61.8 Å². The van der Waals surface area contributed by atoms with Gasteiger partial charge in [0.15, 0.2) is 0 Å². The van der Waals surface area contributed by atoms with Gasteiger partial charge in [-0.15, -0.1) is 0 Å². The minimum Gasteiger partial charge on any atom is -0.461 e. The van der Waals surface area contributed by atoms with Crippen molar-refractivity contribution in [1.29, 1.82) is 0 Å². The van der Waals surface area contributed by atoms with E-state index < -0.39 is 23.8 Å². The van der Waals surface area contributed by atoms with E-state index in [1.54, 1.807) is 38.1 Å². The predicted molar refractivity (Wildman–Crippen MR) is 146 cm³/mol. The van der Waals surface area contributed by atoms with Crippen LogP contribution in [0.25, 0.3) is 0 Å². The van der Waals surface area contributed by atoms with Crippen LogP contribution in [0.5, 0.6) is 0 Å². The fourth-order valence-electron chi connectivity index (χ4n) is 3.29. The molecule has 0 saturated carbocycles. The molecule has 0 aliphatic rings. The molecule has 2 rings (SSSR count). The van der Waals surface area contributed by atoms with E-state index in [0.29, 0.717) is 12.2 Å². The number of nitrogens with one attached hydrogen (secondary N) is 5. The van der Waals surface area contributed by atoms with E-state index in [2.05, 4.69) is 26.6 Å². The summed E-state index contributed by atoms with van der Waals surface area (Å²) in [6.07, 6.45) is 0.203. The lowest BCUT2D eigenvalue weighted by atomic mass is 10.1. The molecule has 0 radical (unpaired) electrons. The fourth-order valence-corrected chi connectivity index (χ4v) is 3.29. The van der Waals surface area contributed by atoms with Crippen molar-refractivity contribution in [3.05, 3.63) is 65.7 Å². The number of rotatable bonds is 15. The minimum atomic E-state index is -0.953. The molecule has 39 heavy (non-hydrogen) atoms. The Morgan fingerprint density at radius 2 is 1.44 bits per heavy atom. The van der Waals surface area contributed by atoms with Crippen molar-refractivity contribution in [2.45, 2.75) is 39.8 Å². The maximum atomic E-state index is 12.9. The van der Waals surface area contributed by atoms with E-state index in [1.807, 2.05) is 37.3 Å². The number of hydrogen-bond acceptors (Lipinski definition) is 7. The van der Waals surface area contributed by atoms with Crippen LogP contribution in [0.4, 0.5) is 5.69 Å². The first-order chi connectivity index (χ1) is 18.7. The number of anilines is 1. The molecule has 11 nitrogen and oxygen atoms in total. The molecule has 0 aliphatic carbocycles. The quantitative estimate of drug-likeness (QED) is 0.211. The first kappa shape index (κ1) is 31.0. The van der Waals surface area contributed by atoms with Crippen molar-refractivity contribution in [2.75, 3.05) is 31.5 Å². The smallest absolute Gasteiger partial charge is 0.308 e. The number of carbonyl (C=O) groups is 5. The van der Waals surface area contributed by atoms with Crippen LogP contribution in [0.2, 0.25) is 0 Å². The van der Waals surface area contributed by atoms with E-state index >= 15 is 0 Å². The van der Waals surface area contributed by atoms with Gasteiger partial charge in [0.25, 0.3) is 0 Å². The summed E-state index contributed by atoms with van der Waals surface area (Å²) in [5.74, 6) is -2.37. The van der Waals surface area contributed by atoms with Gasteiger partial charge in [-0.3, -0.25) is 24.0 Å². The second kappa shape index (κ2) is 16.6. The molecule has 11 heteroatoms. The summed E-state index contributed by atoms with van der Waals surface area (Å²) in [5.41, 5.74) is 2.10. The Labute approximate surface area is 228 Å². The molecule has 4 amide bonds. The summed E-state index contributed by atoms with van der Waals surface area (Å²) in [6, 6.07) is 15.0. The van der Waals surface area contributed by atoms with Crippen LogP contribution in [0.3, 0.4) is 0 Å². The third-order valence-corrected chi connectivity index (χ3v) is 5.43. The van der Waals surface area contributed by atoms with Crippen LogP contribution in [0.1, 0.15) is 31.9 Å². The SMILES string of the molecule is CCNCC(=O)NCC(=O)N[C@@H](Cc1ccccc1)C(=O)NCC(=O)Nc1ccc(COC(=O)C(C)C)cc1. The van der Waals surface area contributed by atoms with E-state index in [-0.39, 0.29) is 50.5 Å². The van der Waals surface area contributed by atoms with Gasteiger partial charge in [0.2, 0.25) is 23.6 Å². The number of amides is 4. The molecule has 0 unspecified atom stereocenters. The highest BCUT2D eigenvalue weighted by Gasteiger charge is 2.22. The molecule has 2 aromatic rings. The maximum Gasteiger partial charge on any atom is 0.308 e. The third kappa shape index (κ3) is 12.2. The standard InChI is InChI=1S/C28H37N5O6/c1-4-29-15-24(34)30-16-26(36)33-23(14-20-8-6-5-7-9-20)27(37)31-17-25(35)32-22-12-10-21(11-13-22)18-39-28(38)19(2)3/h5-13,19,23,29H,4,14-18H2,1-3H3,(H,30,34)(H,31,37)(H,32,35)(H,33,36)/t23-/m0/s1. The Hall–Kier alpha value is -4.25. The number of hydrogen-bond donors (Lipinski definition) is 5. The molecule has 0 aromatic heterocycles. The zero-order chi connectivity index (χ0) is 28.6. The zero-order valence-corrected chi connectivity index (χ0v) is 22.5. The fraction of sp³-hybridized carbons (Fsp3) is 0.393. The highest BCUT2D eigenvalue weighted by Crippen LogP contribution is 2.11. The lowest BCUT2D eigenvalue weighted by Crippen LogP contribution is -2.52. The predicted octanol–water partition coefficient (Wildman–Crippen LogP) is 0.894. The highest BCUT2D eigenvalue weighted by atomic mass is 16.5. The molecule has 0 saturated heterocycles. The van der Waals surface area contributed by atoms with Gasteiger partial charge in [-0.2, -0.15) is 0 Å². The number of carbonyl (C=O) groups excluding carboxylic acids is 5. The van der Waals surface area contributed by atoms with Crippen LogP contribution < -0.4 is 26.6 Å². The van der Waals surface area contributed by atoms with Crippen LogP contribution in [0.15, 0.2) is 54.6 Å². The molecule has 1 atom stereocenters. The molecule has 5 N–H and O–H groups in total. The number of ether oxygens (including phenoxy) is 1. The number of esters is 1. The Morgan fingerprint density at radius 1 is 0.769 bits per heavy atom. The van der Waals surface area contributed by atoms with Gasteiger partial charge in [-0.25, -0.2) is 0 Å². The van der Waals surface area contributed by atoms with Crippen molar-refractivity contribution in [3.63, 3.8) is 0 Å². The van der Waals surface area contributed by atoms with Crippen LogP contribution >= 0.6 is 0 Å². The summed E-state index contributed by atoms with van der Waals surface area (Å²) < 4.78 is 5.18. The molecular formula is C28H37N5O6. The number of benzene rings is 2. The second-order valence-electron chi connectivity index (χ2n) is 9.09. The average molecular weight is 540 g/mol. The summed E-state index contributed by atoms with van der Waals surface area (Å²) in [6.45, 7) is 5.61. The van der Waals surface area contributed by atoms with Crippen molar-refractivity contribution in [3.8, 4) is 0 Å². The van der Waals surface area contributed by atoms with Gasteiger partial charge in [0.1, 0.15) is 12.6 Å². The third-order valence-electron chi connectivity index (χ3n) is 5.43. The molecule has 0 heterocycles. The average Bonchev–Trinajstić information content (AvgIpc) is 2.93. The van der Waals surface area contributed by atoms with E-state index in [4.69, 9.17) is 4.74 Å². The Bertz CT molecular complexity index is 1110. The van der Waals surface area contributed by atoms with Crippen molar-refractivity contribution >= 4 is 35.3 Å². The van der Waals surface area contributed by atoms with E-state index in [0.717, 1.165) is 11.1 Å². The lowest BCUT2D eigenvalue weighted by Gasteiger charge is -2.19. The van der Waals surface area contributed by atoms with E-state index in [9.17, 15) is 24.0 Å².